The molecule has 3 aromatic rings. The molecule has 1 saturated heterocycles. The maximum absolute atomic E-state index is 13.6. The van der Waals surface area contributed by atoms with Crippen molar-refractivity contribution in [1.29, 1.82) is 0 Å². The molecule has 1 fully saturated rings. The van der Waals surface area contributed by atoms with Crippen molar-refractivity contribution in [3.63, 3.8) is 0 Å². The van der Waals surface area contributed by atoms with Gasteiger partial charge in [0.1, 0.15) is 25.0 Å². The number of aromatic amines is 2. The van der Waals surface area contributed by atoms with Crippen molar-refractivity contribution in [3.05, 3.63) is 86.8 Å². The van der Waals surface area contributed by atoms with Crippen LogP contribution in [0.4, 0.5) is 13.2 Å². The van der Waals surface area contributed by atoms with E-state index in [-0.39, 0.29) is 5.82 Å². The summed E-state index contributed by atoms with van der Waals surface area (Å²) in [5.41, 5.74) is 1.73. The molecule has 3 atom stereocenters. The number of morpholine rings is 1. The van der Waals surface area contributed by atoms with Gasteiger partial charge in [-0.1, -0.05) is 30.3 Å². The van der Waals surface area contributed by atoms with Crippen LogP contribution < -0.4 is 5.69 Å². The van der Waals surface area contributed by atoms with Crippen molar-refractivity contribution in [1.82, 2.24) is 20.1 Å². The third kappa shape index (κ3) is 5.52. The van der Waals surface area contributed by atoms with Crippen LogP contribution in [0.25, 0.3) is 0 Å². The lowest BCUT2D eigenvalue weighted by molar-refractivity contribution is -0.231. The summed E-state index contributed by atoms with van der Waals surface area (Å²) in [6, 6.07) is 10.4. The van der Waals surface area contributed by atoms with Crippen molar-refractivity contribution >= 4 is 0 Å². The molecule has 2 N–H and O–H groups in total. The van der Waals surface area contributed by atoms with Gasteiger partial charge in [0.2, 0.25) is 0 Å². The van der Waals surface area contributed by atoms with Gasteiger partial charge in [0.05, 0.1) is 25.3 Å². The third-order valence-electron chi connectivity index (χ3n) is 5.62. The van der Waals surface area contributed by atoms with Crippen molar-refractivity contribution in [3.8, 4) is 0 Å². The molecule has 4 rings (SSSR count). The van der Waals surface area contributed by atoms with Gasteiger partial charge in [-0.15, -0.1) is 0 Å². The molecule has 33 heavy (non-hydrogen) atoms. The molecule has 176 valence electrons. The quantitative estimate of drug-likeness (QED) is 0.531. The van der Waals surface area contributed by atoms with Gasteiger partial charge in [0.25, 0.3) is 0 Å². The lowest BCUT2D eigenvalue weighted by Crippen LogP contribution is -2.46. The third-order valence-corrected chi connectivity index (χ3v) is 5.62. The molecule has 1 aromatic heterocycles. The number of hydrogen-bond acceptors (Lipinski definition) is 5. The van der Waals surface area contributed by atoms with Crippen LogP contribution in [0.5, 0.6) is 0 Å². The molecule has 0 radical (unpaired) electrons. The van der Waals surface area contributed by atoms with Crippen molar-refractivity contribution in [2.75, 3.05) is 13.2 Å². The summed E-state index contributed by atoms with van der Waals surface area (Å²) in [7, 11) is 0. The van der Waals surface area contributed by atoms with Crippen LogP contribution in [0, 0.1) is 5.82 Å². The van der Waals surface area contributed by atoms with Crippen molar-refractivity contribution in [2.24, 2.45) is 0 Å². The van der Waals surface area contributed by atoms with Crippen LogP contribution in [0.15, 0.2) is 47.3 Å². The highest BCUT2D eigenvalue weighted by Gasteiger charge is 2.36. The SMILES string of the molecule is C[C@@H](O[C@H]1OCCN(Cc2n[nH]c(=O)[nH]2)[C@H]1c1ccc(F)cc1)c1cc(CF)cc(CF)c1. The largest absolute Gasteiger partial charge is 0.349 e. The lowest BCUT2D eigenvalue weighted by Gasteiger charge is -2.41. The summed E-state index contributed by atoms with van der Waals surface area (Å²) in [4.78, 5) is 16.1. The molecule has 10 heteroatoms. The van der Waals surface area contributed by atoms with E-state index in [0.717, 1.165) is 5.56 Å². The zero-order valence-electron chi connectivity index (χ0n) is 18.1. The average Bonchev–Trinajstić information content (AvgIpc) is 3.24. The van der Waals surface area contributed by atoms with Gasteiger partial charge in [-0.05, 0) is 41.3 Å². The number of H-pyrrole nitrogens is 2. The first-order valence-corrected chi connectivity index (χ1v) is 10.6. The van der Waals surface area contributed by atoms with Crippen molar-refractivity contribution < 1.29 is 22.6 Å². The zero-order chi connectivity index (χ0) is 23.4. The minimum absolute atomic E-state index is 0.307. The fourth-order valence-corrected chi connectivity index (χ4v) is 4.04. The normalized spacial score (nSPS) is 20.1. The number of nitrogens with one attached hydrogen (secondary N) is 2. The number of hydrogen-bond donors (Lipinski definition) is 2. The van der Waals surface area contributed by atoms with Gasteiger partial charge >= 0.3 is 5.69 Å². The average molecular weight is 462 g/mol. The smallest absolute Gasteiger partial charge is 0.340 e. The highest BCUT2D eigenvalue weighted by molar-refractivity contribution is 5.31. The minimum atomic E-state index is -0.757. The Balaban J connectivity index is 1.61. The standard InChI is InChI=1S/C23H25F3N4O3/c1-14(18-9-15(11-24)8-16(10-18)12-25)33-22-21(17-2-4-19(26)5-3-17)30(6-7-32-22)13-20-27-23(31)29-28-20/h2-5,8-10,14,21-22H,6-7,11-13H2,1H3,(H2,27,28,29,31)/t14-,21+,22-/m1/s1. The summed E-state index contributed by atoms with van der Waals surface area (Å²) in [6.07, 6.45) is -1.28. The summed E-state index contributed by atoms with van der Waals surface area (Å²) in [5, 5.41) is 6.32. The van der Waals surface area contributed by atoms with Gasteiger partial charge in [0, 0.05) is 6.54 Å². The molecule has 0 saturated carbocycles. The number of ether oxygens (including phenoxy) is 2. The molecule has 0 bridgehead atoms. The Morgan fingerprint density at radius 2 is 1.88 bits per heavy atom. The molecule has 0 amide bonds. The molecule has 0 spiro atoms. The zero-order valence-corrected chi connectivity index (χ0v) is 18.1. The first-order valence-electron chi connectivity index (χ1n) is 10.6. The maximum Gasteiger partial charge on any atom is 0.340 e. The summed E-state index contributed by atoms with van der Waals surface area (Å²) >= 11 is 0. The highest BCUT2D eigenvalue weighted by Crippen LogP contribution is 2.34. The maximum atomic E-state index is 13.6. The first-order chi connectivity index (χ1) is 16.0. The van der Waals surface area contributed by atoms with E-state index in [0.29, 0.717) is 42.2 Å². The number of rotatable bonds is 8. The second-order valence-electron chi connectivity index (χ2n) is 7.96. The number of halogens is 3. The predicted octanol–water partition coefficient (Wildman–Crippen LogP) is 3.85. The topological polar surface area (TPSA) is 83.2 Å². The molecule has 0 aliphatic carbocycles. The van der Waals surface area contributed by atoms with Gasteiger partial charge in [-0.25, -0.2) is 23.1 Å². The Bertz CT molecular complexity index is 1100. The molecular formula is C23H25F3N4O3. The summed E-state index contributed by atoms with van der Waals surface area (Å²) in [5.74, 6) is 0.0790. The Morgan fingerprint density at radius 3 is 2.48 bits per heavy atom. The summed E-state index contributed by atoms with van der Waals surface area (Å²) in [6.45, 7) is 1.55. The second-order valence-corrected chi connectivity index (χ2v) is 7.96. The van der Waals surface area contributed by atoms with Gasteiger partial charge in [-0.2, -0.15) is 5.10 Å². The number of nitrogens with zero attached hydrogens (tertiary/aromatic N) is 2. The van der Waals surface area contributed by atoms with Gasteiger partial charge in [0.15, 0.2) is 6.29 Å². The molecule has 1 aliphatic heterocycles. The Kier molecular flexibility index (Phi) is 7.26. The lowest BCUT2D eigenvalue weighted by atomic mass is 10.0. The first kappa shape index (κ1) is 23.2. The van der Waals surface area contributed by atoms with Crippen LogP contribution in [0.1, 0.15) is 47.1 Å². The minimum Gasteiger partial charge on any atom is -0.349 e. The highest BCUT2D eigenvalue weighted by atomic mass is 19.1. The van der Waals surface area contributed by atoms with E-state index in [1.54, 1.807) is 31.2 Å². The molecule has 7 nitrogen and oxygen atoms in total. The van der Waals surface area contributed by atoms with E-state index in [1.165, 1.54) is 18.2 Å². The van der Waals surface area contributed by atoms with Crippen LogP contribution in [0.2, 0.25) is 0 Å². The van der Waals surface area contributed by atoms with Crippen LogP contribution in [-0.4, -0.2) is 39.5 Å². The van der Waals surface area contributed by atoms with Crippen LogP contribution in [-0.2, 0) is 29.4 Å². The van der Waals surface area contributed by atoms with Crippen molar-refractivity contribution in [2.45, 2.75) is 45.3 Å². The summed E-state index contributed by atoms with van der Waals surface area (Å²) < 4.78 is 52.3. The Morgan fingerprint density at radius 1 is 1.18 bits per heavy atom. The van der Waals surface area contributed by atoms with E-state index in [4.69, 9.17) is 9.47 Å². The van der Waals surface area contributed by atoms with Crippen LogP contribution >= 0.6 is 0 Å². The van der Waals surface area contributed by atoms with Gasteiger partial charge < -0.3 is 9.47 Å². The second kappa shape index (κ2) is 10.3. The van der Waals surface area contributed by atoms with E-state index in [9.17, 15) is 18.0 Å². The van der Waals surface area contributed by atoms with E-state index < -0.39 is 37.5 Å². The molecule has 2 aromatic carbocycles. The number of alkyl halides is 2. The fraction of sp³-hybridized carbons (Fsp3) is 0.391. The fourth-order valence-electron chi connectivity index (χ4n) is 4.04. The number of aromatic nitrogens is 3. The number of benzene rings is 2. The molecule has 2 heterocycles. The monoisotopic (exact) mass is 462 g/mol. The molecular weight excluding hydrogens is 437 g/mol. The Labute approximate surface area is 188 Å². The van der Waals surface area contributed by atoms with E-state index in [1.807, 2.05) is 4.90 Å². The predicted molar refractivity (Wildman–Crippen MR) is 114 cm³/mol. The van der Waals surface area contributed by atoms with Gasteiger partial charge in [-0.3, -0.25) is 9.88 Å². The molecule has 0 unspecified atom stereocenters. The molecule has 1 aliphatic rings. The van der Waals surface area contributed by atoms with E-state index in [2.05, 4.69) is 15.2 Å². The van der Waals surface area contributed by atoms with Crippen LogP contribution in [0.3, 0.4) is 0 Å². The Hall–Kier alpha value is -2.95. The van der Waals surface area contributed by atoms with E-state index >= 15 is 0 Å².